The first-order valence-electron chi connectivity index (χ1n) is 8.86. The average molecular weight is 359 g/mol. The van der Waals surface area contributed by atoms with Crippen LogP contribution >= 0.6 is 11.3 Å². The zero-order valence-electron chi connectivity index (χ0n) is 14.8. The Kier molecular flexibility index (Phi) is 5.71. The Morgan fingerprint density at radius 1 is 1.20 bits per heavy atom. The third-order valence-electron chi connectivity index (χ3n) is 4.68. The van der Waals surface area contributed by atoms with Crippen LogP contribution in [0.4, 0.5) is 0 Å². The number of hydrogen-bond acceptors (Lipinski definition) is 4. The number of hydrogen-bond donors (Lipinski definition) is 1. The smallest absolute Gasteiger partial charge is 0.264 e. The van der Waals surface area contributed by atoms with Crippen LogP contribution in [0.25, 0.3) is 10.1 Å². The monoisotopic (exact) mass is 359 g/mol. The molecule has 1 aliphatic rings. The van der Waals surface area contributed by atoms with Crippen molar-refractivity contribution in [1.82, 2.24) is 15.1 Å². The number of piperazine rings is 1. The van der Waals surface area contributed by atoms with Gasteiger partial charge in [0.05, 0.1) is 11.4 Å². The van der Waals surface area contributed by atoms with Crippen LogP contribution in [0.15, 0.2) is 30.3 Å². The summed E-state index contributed by atoms with van der Waals surface area (Å²) in [5, 5.41) is 4.11. The third kappa shape index (κ3) is 4.38. The Balaban J connectivity index is 1.53. The standard InChI is InChI=1S/C19H25N3O2S/c1-3-14(2)20-18(23)13-21-8-10-22(11-9-21)19(24)17-12-15-6-4-5-7-16(15)25-17/h4-7,12,14H,3,8-11,13H2,1-2H3,(H,20,23)/t14-/m0/s1. The summed E-state index contributed by atoms with van der Waals surface area (Å²) in [5.74, 6) is 0.170. The van der Waals surface area contributed by atoms with Crippen LogP contribution in [-0.2, 0) is 4.79 Å². The molecular formula is C19H25N3O2S. The molecule has 0 spiro atoms. The van der Waals surface area contributed by atoms with Gasteiger partial charge in [0.25, 0.3) is 5.91 Å². The van der Waals surface area contributed by atoms with Gasteiger partial charge in [-0.15, -0.1) is 11.3 Å². The fourth-order valence-electron chi connectivity index (χ4n) is 2.98. The van der Waals surface area contributed by atoms with Crippen molar-refractivity contribution in [3.63, 3.8) is 0 Å². The van der Waals surface area contributed by atoms with Gasteiger partial charge in [-0.2, -0.15) is 0 Å². The van der Waals surface area contributed by atoms with E-state index in [0.717, 1.165) is 34.5 Å². The van der Waals surface area contributed by atoms with E-state index in [2.05, 4.69) is 17.1 Å². The van der Waals surface area contributed by atoms with Crippen LogP contribution in [-0.4, -0.2) is 60.4 Å². The summed E-state index contributed by atoms with van der Waals surface area (Å²) in [6, 6.07) is 10.3. The summed E-state index contributed by atoms with van der Waals surface area (Å²) in [7, 11) is 0. The zero-order valence-corrected chi connectivity index (χ0v) is 15.6. The molecule has 2 aromatic rings. The lowest BCUT2D eigenvalue weighted by atomic mass is 10.2. The first-order chi connectivity index (χ1) is 12.1. The molecule has 1 N–H and O–H groups in total. The second-order valence-corrected chi connectivity index (χ2v) is 7.68. The normalized spacial score (nSPS) is 16.8. The molecule has 3 rings (SSSR count). The number of rotatable bonds is 5. The Hall–Kier alpha value is -1.92. The number of benzene rings is 1. The summed E-state index contributed by atoms with van der Waals surface area (Å²) in [6.45, 7) is 7.31. The molecule has 2 heterocycles. The van der Waals surface area contributed by atoms with Crippen molar-refractivity contribution in [3.05, 3.63) is 35.2 Å². The second-order valence-electron chi connectivity index (χ2n) is 6.59. The van der Waals surface area contributed by atoms with E-state index in [9.17, 15) is 9.59 Å². The molecule has 5 nitrogen and oxygen atoms in total. The SMILES string of the molecule is CC[C@H](C)NC(=O)CN1CCN(C(=O)c2cc3ccccc3s2)CC1. The van der Waals surface area contributed by atoms with Gasteiger partial charge in [0, 0.05) is 36.9 Å². The van der Waals surface area contributed by atoms with Crippen LogP contribution < -0.4 is 5.32 Å². The highest BCUT2D eigenvalue weighted by Crippen LogP contribution is 2.26. The lowest BCUT2D eigenvalue weighted by Gasteiger charge is -2.34. The lowest BCUT2D eigenvalue weighted by Crippen LogP contribution is -2.51. The highest BCUT2D eigenvalue weighted by molar-refractivity contribution is 7.20. The van der Waals surface area contributed by atoms with Crippen LogP contribution in [0.3, 0.4) is 0 Å². The Morgan fingerprint density at radius 2 is 1.92 bits per heavy atom. The van der Waals surface area contributed by atoms with Gasteiger partial charge in [-0.25, -0.2) is 0 Å². The number of thiophene rings is 1. The molecule has 2 amide bonds. The molecule has 0 radical (unpaired) electrons. The predicted octanol–water partition coefficient (Wildman–Crippen LogP) is 2.57. The van der Waals surface area contributed by atoms with Crippen molar-refractivity contribution in [3.8, 4) is 0 Å². The maximum absolute atomic E-state index is 12.7. The Labute approximate surface area is 152 Å². The Bertz CT molecular complexity index is 717. The maximum Gasteiger partial charge on any atom is 0.264 e. The van der Waals surface area contributed by atoms with Gasteiger partial charge in [-0.1, -0.05) is 25.1 Å². The summed E-state index contributed by atoms with van der Waals surface area (Å²) >= 11 is 1.55. The van der Waals surface area contributed by atoms with E-state index >= 15 is 0 Å². The quantitative estimate of drug-likeness (QED) is 0.893. The van der Waals surface area contributed by atoms with Crippen LogP contribution in [0.5, 0.6) is 0 Å². The first-order valence-corrected chi connectivity index (χ1v) is 9.68. The van der Waals surface area contributed by atoms with Gasteiger partial charge in [0.15, 0.2) is 0 Å². The lowest BCUT2D eigenvalue weighted by molar-refractivity contribution is -0.123. The number of amides is 2. The fourth-order valence-corrected chi connectivity index (χ4v) is 4.01. The van der Waals surface area contributed by atoms with Gasteiger partial charge < -0.3 is 10.2 Å². The zero-order chi connectivity index (χ0) is 17.8. The van der Waals surface area contributed by atoms with Crippen molar-refractivity contribution in [2.75, 3.05) is 32.7 Å². The van der Waals surface area contributed by atoms with E-state index < -0.39 is 0 Å². The van der Waals surface area contributed by atoms with Crippen molar-refractivity contribution in [2.45, 2.75) is 26.3 Å². The molecule has 0 aliphatic carbocycles. The number of nitrogens with zero attached hydrogens (tertiary/aromatic N) is 2. The summed E-state index contributed by atoms with van der Waals surface area (Å²) in [5.41, 5.74) is 0. The number of nitrogens with one attached hydrogen (secondary N) is 1. The van der Waals surface area contributed by atoms with Gasteiger partial charge in [0.1, 0.15) is 0 Å². The van der Waals surface area contributed by atoms with E-state index in [4.69, 9.17) is 0 Å². The molecule has 1 aromatic carbocycles. The third-order valence-corrected chi connectivity index (χ3v) is 5.79. The second kappa shape index (κ2) is 7.97. The minimum Gasteiger partial charge on any atom is -0.353 e. The number of carbonyl (C=O) groups excluding carboxylic acids is 2. The summed E-state index contributed by atoms with van der Waals surface area (Å²) in [4.78, 5) is 29.5. The van der Waals surface area contributed by atoms with Gasteiger partial charge >= 0.3 is 0 Å². The molecule has 1 aromatic heterocycles. The van der Waals surface area contributed by atoms with E-state index in [0.29, 0.717) is 19.6 Å². The highest BCUT2D eigenvalue weighted by Gasteiger charge is 2.24. The number of fused-ring (bicyclic) bond motifs is 1. The minimum absolute atomic E-state index is 0.0682. The molecule has 25 heavy (non-hydrogen) atoms. The molecule has 0 saturated carbocycles. The molecule has 134 valence electrons. The van der Waals surface area contributed by atoms with Crippen molar-refractivity contribution in [1.29, 1.82) is 0 Å². The van der Waals surface area contributed by atoms with E-state index in [1.165, 1.54) is 0 Å². The summed E-state index contributed by atoms with van der Waals surface area (Å²) < 4.78 is 1.14. The molecule has 1 atom stereocenters. The van der Waals surface area contributed by atoms with Crippen molar-refractivity contribution in [2.24, 2.45) is 0 Å². The molecule has 6 heteroatoms. The molecule has 1 fully saturated rings. The topological polar surface area (TPSA) is 52.7 Å². The summed E-state index contributed by atoms with van der Waals surface area (Å²) in [6.07, 6.45) is 0.934. The Morgan fingerprint density at radius 3 is 2.60 bits per heavy atom. The average Bonchev–Trinajstić information content (AvgIpc) is 3.05. The van der Waals surface area contributed by atoms with Crippen molar-refractivity contribution < 1.29 is 9.59 Å². The van der Waals surface area contributed by atoms with Gasteiger partial charge in [-0.05, 0) is 30.9 Å². The highest BCUT2D eigenvalue weighted by atomic mass is 32.1. The molecule has 0 unspecified atom stereocenters. The predicted molar refractivity (Wildman–Crippen MR) is 102 cm³/mol. The van der Waals surface area contributed by atoms with Gasteiger partial charge in [-0.3, -0.25) is 14.5 Å². The van der Waals surface area contributed by atoms with Crippen LogP contribution in [0.2, 0.25) is 0 Å². The molecule has 0 bridgehead atoms. The first kappa shape index (κ1) is 17.9. The van der Waals surface area contributed by atoms with E-state index in [-0.39, 0.29) is 17.9 Å². The van der Waals surface area contributed by atoms with E-state index in [1.54, 1.807) is 11.3 Å². The molecule has 1 saturated heterocycles. The van der Waals surface area contributed by atoms with Gasteiger partial charge in [0.2, 0.25) is 5.91 Å². The van der Waals surface area contributed by atoms with Crippen LogP contribution in [0, 0.1) is 0 Å². The molecule has 1 aliphatic heterocycles. The molecular weight excluding hydrogens is 334 g/mol. The largest absolute Gasteiger partial charge is 0.353 e. The number of carbonyl (C=O) groups is 2. The minimum atomic E-state index is 0.0682. The van der Waals surface area contributed by atoms with Crippen LogP contribution in [0.1, 0.15) is 29.9 Å². The van der Waals surface area contributed by atoms with Crippen molar-refractivity contribution >= 4 is 33.2 Å². The van der Waals surface area contributed by atoms with E-state index in [1.807, 2.05) is 42.2 Å². The fraction of sp³-hybridized carbons (Fsp3) is 0.474. The maximum atomic E-state index is 12.7.